The number of hydrogen-bond donors (Lipinski definition) is 0. The highest BCUT2D eigenvalue weighted by molar-refractivity contribution is 7.14. The molecule has 1 aliphatic heterocycles. The molecule has 1 aliphatic rings. The lowest BCUT2D eigenvalue weighted by Gasteiger charge is -2.06. The Balaban J connectivity index is 1.72. The summed E-state index contributed by atoms with van der Waals surface area (Å²) in [5.74, 6) is -0.0167. The van der Waals surface area contributed by atoms with Crippen molar-refractivity contribution < 1.29 is 4.79 Å². The number of hydrazone groups is 1. The number of benzene rings is 2. The molecular formula is C17H13N3OS. The molecule has 0 spiro atoms. The van der Waals surface area contributed by atoms with Gasteiger partial charge in [-0.2, -0.15) is 10.1 Å². The van der Waals surface area contributed by atoms with Crippen molar-refractivity contribution in [3.8, 4) is 11.3 Å². The zero-order valence-corrected chi connectivity index (χ0v) is 12.8. The van der Waals surface area contributed by atoms with E-state index in [1.165, 1.54) is 27.1 Å². The number of carbonyl (C=O) groups excluding carboxylic acids is 1. The van der Waals surface area contributed by atoms with Gasteiger partial charge < -0.3 is 0 Å². The molecule has 2 aromatic carbocycles. The van der Waals surface area contributed by atoms with Gasteiger partial charge in [0, 0.05) is 16.7 Å². The van der Waals surface area contributed by atoms with Gasteiger partial charge in [-0.3, -0.25) is 4.79 Å². The minimum atomic E-state index is -0.0167. The van der Waals surface area contributed by atoms with Gasteiger partial charge >= 0.3 is 0 Å². The summed E-state index contributed by atoms with van der Waals surface area (Å²) in [7, 11) is 0. The van der Waals surface area contributed by atoms with Crippen molar-refractivity contribution in [1.82, 2.24) is 4.98 Å². The van der Waals surface area contributed by atoms with Crippen molar-refractivity contribution >= 4 is 38.9 Å². The third kappa shape index (κ3) is 2.19. The van der Waals surface area contributed by atoms with Crippen LogP contribution < -0.4 is 5.01 Å². The van der Waals surface area contributed by atoms with Crippen LogP contribution in [0.5, 0.6) is 0 Å². The molecule has 5 heteroatoms. The van der Waals surface area contributed by atoms with E-state index in [4.69, 9.17) is 0 Å². The van der Waals surface area contributed by atoms with Crippen LogP contribution in [0.25, 0.3) is 22.0 Å². The smallest absolute Gasteiger partial charge is 0.255 e. The Labute approximate surface area is 131 Å². The van der Waals surface area contributed by atoms with Crippen molar-refractivity contribution in [2.75, 3.05) is 5.01 Å². The summed E-state index contributed by atoms with van der Waals surface area (Å²) >= 11 is 1.44. The van der Waals surface area contributed by atoms with Crippen LogP contribution in [0.4, 0.5) is 5.13 Å². The highest BCUT2D eigenvalue weighted by Gasteiger charge is 2.25. The monoisotopic (exact) mass is 307 g/mol. The van der Waals surface area contributed by atoms with E-state index >= 15 is 0 Å². The molecule has 0 unspecified atom stereocenters. The zero-order chi connectivity index (χ0) is 15.1. The Kier molecular flexibility index (Phi) is 3.01. The first-order chi connectivity index (χ1) is 10.7. The van der Waals surface area contributed by atoms with Crippen LogP contribution in [0.3, 0.4) is 0 Å². The number of amides is 1. The van der Waals surface area contributed by atoms with Crippen molar-refractivity contribution in [1.29, 1.82) is 0 Å². The molecule has 0 saturated heterocycles. The highest BCUT2D eigenvalue weighted by Crippen LogP contribution is 2.31. The Morgan fingerprint density at radius 2 is 1.95 bits per heavy atom. The predicted molar refractivity (Wildman–Crippen MR) is 90.3 cm³/mol. The Hall–Kier alpha value is -2.53. The summed E-state index contributed by atoms with van der Waals surface area (Å²) in [4.78, 5) is 16.5. The van der Waals surface area contributed by atoms with E-state index in [-0.39, 0.29) is 5.91 Å². The third-order valence-corrected chi connectivity index (χ3v) is 4.45. The second-order valence-electron chi connectivity index (χ2n) is 5.29. The van der Waals surface area contributed by atoms with Gasteiger partial charge in [-0.05, 0) is 23.8 Å². The van der Waals surface area contributed by atoms with Crippen LogP contribution >= 0.6 is 11.3 Å². The van der Waals surface area contributed by atoms with Crippen LogP contribution in [-0.2, 0) is 4.79 Å². The van der Waals surface area contributed by atoms with Gasteiger partial charge in [-0.15, -0.1) is 11.3 Å². The second kappa shape index (κ2) is 5.03. The first-order valence-electron chi connectivity index (χ1n) is 7.02. The van der Waals surface area contributed by atoms with Gasteiger partial charge in [0.05, 0.1) is 12.1 Å². The molecule has 0 N–H and O–H groups in total. The summed E-state index contributed by atoms with van der Waals surface area (Å²) in [6.07, 6.45) is 0.380. The summed E-state index contributed by atoms with van der Waals surface area (Å²) in [5.41, 5.74) is 2.75. The summed E-state index contributed by atoms with van der Waals surface area (Å²) in [5, 5.41) is 10.6. The number of carbonyl (C=O) groups is 1. The number of nitrogens with zero attached hydrogens (tertiary/aromatic N) is 3. The molecule has 0 atom stereocenters. The molecule has 22 heavy (non-hydrogen) atoms. The molecule has 4 rings (SSSR count). The van der Waals surface area contributed by atoms with Crippen molar-refractivity contribution in [2.45, 2.75) is 13.3 Å². The molecule has 0 radical (unpaired) electrons. The molecule has 1 aromatic heterocycles. The maximum absolute atomic E-state index is 11.9. The van der Waals surface area contributed by atoms with E-state index in [0.717, 1.165) is 17.0 Å². The Morgan fingerprint density at radius 3 is 2.73 bits per heavy atom. The number of thiazole rings is 1. The number of fused-ring (bicyclic) bond motifs is 1. The fraction of sp³-hybridized carbons (Fsp3) is 0.118. The average molecular weight is 307 g/mol. The highest BCUT2D eigenvalue weighted by atomic mass is 32.1. The normalized spacial score (nSPS) is 14.7. The zero-order valence-electron chi connectivity index (χ0n) is 12.0. The van der Waals surface area contributed by atoms with E-state index in [0.29, 0.717) is 11.6 Å². The first kappa shape index (κ1) is 13.2. The topological polar surface area (TPSA) is 45.6 Å². The van der Waals surface area contributed by atoms with Crippen LogP contribution in [0.1, 0.15) is 13.3 Å². The largest absolute Gasteiger partial charge is 0.272 e. The lowest BCUT2D eigenvalue weighted by Crippen LogP contribution is -2.19. The molecule has 0 aliphatic carbocycles. The molecule has 4 nitrogen and oxygen atoms in total. The standard InChI is InChI=1S/C17H13N3OS/c1-11-8-16(21)20(19-11)17-18-15(10-22-17)14-7-6-12-4-2-3-5-13(12)9-14/h2-7,9-10H,8H2,1H3. The molecular weight excluding hydrogens is 294 g/mol. The fourth-order valence-electron chi connectivity index (χ4n) is 2.55. The van der Waals surface area contributed by atoms with E-state index in [9.17, 15) is 4.79 Å². The predicted octanol–water partition coefficient (Wildman–Crippen LogP) is 4.08. The Morgan fingerprint density at radius 1 is 1.14 bits per heavy atom. The lowest BCUT2D eigenvalue weighted by molar-refractivity contribution is -0.116. The maximum Gasteiger partial charge on any atom is 0.255 e. The summed E-state index contributed by atoms with van der Waals surface area (Å²) in [6.45, 7) is 1.86. The van der Waals surface area contributed by atoms with Crippen LogP contribution in [0.2, 0.25) is 0 Å². The van der Waals surface area contributed by atoms with Crippen LogP contribution in [-0.4, -0.2) is 16.6 Å². The third-order valence-electron chi connectivity index (χ3n) is 3.63. The molecule has 0 fully saturated rings. The van der Waals surface area contributed by atoms with Gasteiger partial charge in [0.1, 0.15) is 0 Å². The van der Waals surface area contributed by atoms with E-state index in [1.807, 2.05) is 24.4 Å². The van der Waals surface area contributed by atoms with E-state index < -0.39 is 0 Å². The van der Waals surface area contributed by atoms with Gasteiger partial charge in [0.15, 0.2) is 0 Å². The minimum absolute atomic E-state index is 0.0167. The van der Waals surface area contributed by atoms with Gasteiger partial charge in [-0.1, -0.05) is 36.4 Å². The molecule has 1 amide bonds. The van der Waals surface area contributed by atoms with Gasteiger partial charge in [-0.25, -0.2) is 4.98 Å². The fourth-order valence-corrected chi connectivity index (χ4v) is 3.35. The quantitative estimate of drug-likeness (QED) is 0.716. The van der Waals surface area contributed by atoms with Gasteiger partial charge in [0.25, 0.3) is 5.91 Å². The van der Waals surface area contributed by atoms with Crippen LogP contribution in [0.15, 0.2) is 52.9 Å². The molecule has 108 valence electrons. The van der Waals surface area contributed by atoms with E-state index in [2.05, 4.69) is 40.4 Å². The number of aromatic nitrogens is 1. The first-order valence-corrected chi connectivity index (χ1v) is 7.90. The molecule has 2 heterocycles. The second-order valence-corrected chi connectivity index (χ2v) is 6.13. The summed E-state index contributed by atoms with van der Waals surface area (Å²) < 4.78 is 0. The number of rotatable bonds is 2. The van der Waals surface area contributed by atoms with Crippen molar-refractivity contribution in [3.05, 3.63) is 47.8 Å². The average Bonchev–Trinajstić information content (AvgIpc) is 3.13. The SMILES string of the molecule is CC1=NN(c2nc(-c3ccc4ccccc4c3)cs2)C(=O)C1. The minimum Gasteiger partial charge on any atom is -0.272 e. The molecule has 0 bridgehead atoms. The summed E-state index contributed by atoms with van der Waals surface area (Å²) in [6, 6.07) is 14.5. The Bertz CT molecular complexity index is 913. The van der Waals surface area contributed by atoms with Crippen LogP contribution in [0, 0.1) is 0 Å². The lowest BCUT2D eigenvalue weighted by atomic mass is 10.1. The number of hydrogen-bond acceptors (Lipinski definition) is 4. The maximum atomic E-state index is 11.9. The van der Waals surface area contributed by atoms with Crippen molar-refractivity contribution in [3.63, 3.8) is 0 Å². The molecule has 3 aromatic rings. The van der Waals surface area contributed by atoms with Crippen molar-refractivity contribution in [2.24, 2.45) is 5.10 Å². The number of anilines is 1. The molecule has 0 saturated carbocycles. The van der Waals surface area contributed by atoms with E-state index in [1.54, 1.807) is 0 Å². The van der Waals surface area contributed by atoms with Gasteiger partial charge in [0.2, 0.25) is 5.13 Å².